The molecule has 3 atom stereocenters. The lowest BCUT2D eigenvalue weighted by atomic mass is 9.99. The van der Waals surface area contributed by atoms with Gasteiger partial charge >= 0.3 is 0 Å². The predicted octanol–water partition coefficient (Wildman–Crippen LogP) is 3.89. The molecule has 2 aromatic carbocycles. The third-order valence-electron chi connectivity index (χ3n) is 7.89. The van der Waals surface area contributed by atoms with Gasteiger partial charge in [0.15, 0.2) is 11.4 Å². The molecule has 3 aliphatic heterocycles. The molecule has 3 aliphatic rings. The maximum atomic E-state index is 14.2. The summed E-state index contributed by atoms with van der Waals surface area (Å²) in [5.74, 6) is -4.09. The molecule has 3 aromatic rings. The van der Waals surface area contributed by atoms with Crippen molar-refractivity contribution >= 4 is 17.7 Å². The van der Waals surface area contributed by atoms with E-state index in [4.69, 9.17) is 14.3 Å². The van der Waals surface area contributed by atoms with Gasteiger partial charge in [-0.05, 0) is 30.1 Å². The summed E-state index contributed by atoms with van der Waals surface area (Å²) in [4.78, 5) is 48.7. The number of hydrogen-bond donors (Lipinski definition) is 1. The number of amides is 2. The van der Waals surface area contributed by atoms with E-state index in [1.165, 1.54) is 16.8 Å². The van der Waals surface area contributed by atoms with E-state index in [0.717, 1.165) is 11.6 Å². The minimum atomic E-state index is -1.28. The standard InChI is InChI=1S/C30H28F2N4O6/c1-17-10-11-30(41-18(2)34-42-30)24-15-35(17)29(39)25-27(40-16-19-6-4-3-5-7-19)26(37)22(14-36(24)25)28(38)33-13-20-8-9-21(31)12-23(20)32/h3-9,12,14,17,24H,10-11,13,15-16H2,1-2H3,(H,33,38)/t17-,24+,30?/m0/s1. The molecule has 0 saturated carbocycles. The molecule has 218 valence electrons. The Labute approximate surface area is 239 Å². The summed E-state index contributed by atoms with van der Waals surface area (Å²) in [7, 11) is 0. The average Bonchev–Trinajstić information content (AvgIpc) is 3.31. The Morgan fingerprint density at radius 2 is 1.98 bits per heavy atom. The number of ether oxygens (including phenoxy) is 2. The molecule has 1 saturated heterocycles. The lowest BCUT2D eigenvalue weighted by Crippen LogP contribution is -2.53. The van der Waals surface area contributed by atoms with Crippen molar-refractivity contribution < 1.29 is 32.7 Å². The van der Waals surface area contributed by atoms with Gasteiger partial charge in [-0.25, -0.2) is 8.78 Å². The summed E-state index contributed by atoms with van der Waals surface area (Å²) in [6, 6.07) is 11.2. The van der Waals surface area contributed by atoms with Crippen LogP contribution in [0.3, 0.4) is 0 Å². The lowest BCUT2D eigenvalue weighted by Gasteiger charge is -2.41. The van der Waals surface area contributed by atoms with Gasteiger partial charge in [0.25, 0.3) is 17.6 Å². The van der Waals surface area contributed by atoms with E-state index in [0.29, 0.717) is 24.8 Å². The van der Waals surface area contributed by atoms with Gasteiger partial charge in [-0.1, -0.05) is 36.4 Å². The van der Waals surface area contributed by atoms with Gasteiger partial charge in [0.05, 0.1) is 0 Å². The Morgan fingerprint density at radius 1 is 1.19 bits per heavy atom. The van der Waals surface area contributed by atoms with Gasteiger partial charge in [0, 0.05) is 50.3 Å². The van der Waals surface area contributed by atoms with Crippen molar-refractivity contribution in [2.45, 2.75) is 57.7 Å². The highest BCUT2D eigenvalue weighted by atomic mass is 19.1. The van der Waals surface area contributed by atoms with E-state index in [1.54, 1.807) is 24.0 Å². The quantitative estimate of drug-likeness (QED) is 0.475. The fourth-order valence-corrected chi connectivity index (χ4v) is 5.64. The zero-order chi connectivity index (χ0) is 29.6. The smallest absolute Gasteiger partial charge is 0.299 e. The summed E-state index contributed by atoms with van der Waals surface area (Å²) >= 11 is 0. The summed E-state index contributed by atoms with van der Waals surface area (Å²) in [6.45, 7) is 3.40. The summed E-state index contributed by atoms with van der Waals surface area (Å²) in [5.41, 5.74) is -0.377. The van der Waals surface area contributed by atoms with Crippen LogP contribution >= 0.6 is 0 Å². The maximum absolute atomic E-state index is 14.2. The number of carbonyl (C=O) groups is 2. The number of benzene rings is 2. The van der Waals surface area contributed by atoms with Crippen LogP contribution in [0.2, 0.25) is 0 Å². The SMILES string of the molecule is CC1=NOC2(CC[C@H](C)N3C[C@H]2n2cc(C(=O)NCc4ccc(F)cc4F)c(=O)c(OCc4ccccc4)c2C3=O)O1. The molecule has 4 heterocycles. The van der Waals surface area contributed by atoms with Crippen molar-refractivity contribution in [2.24, 2.45) is 5.16 Å². The first kappa shape index (κ1) is 27.4. The molecule has 6 rings (SSSR count). The number of pyridine rings is 1. The van der Waals surface area contributed by atoms with Crippen LogP contribution in [0.4, 0.5) is 8.78 Å². The second-order valence-corrected chi connectivity index (χ2v) is 10.6. The highest BCUT2D eigenvalue weighted by molar-refractivity contribution is 5.99. The molecule has 1 N–H and O–H groups in total. The van der Waals surface area contributed by atoms with Crippen molar-refractivity contribution in [3.8, 4) is 5.75 Å². The molecule has 10 nitrogen and oxygen atoms in total. The van der Waals surface area contributed by atoms with Gasteiger partial charge in [-0.15, -0.1) is 0 Å². The van der Waals surface area contributed by atoms with Crippen LogP contribution in [-0.2, 0) is 22.7 Å². The first-order valence-electron chi connectivity index (χ1n) is 13.6. The first-order chi connectivity index (χ1) is 20.2. The Hall–Kier alpha value is -4.74. The van der Waals surface area contributed by atoms with Gasteiger partial charge < -0.3 is 29.1 Å². The van der Waals surface area contributed by atoms with Crippen LogP contribution in [-0.4, -0.2) is 45.6 Å². The number of oxime groups is 1. The molecule has 0 radical (unpaired) electrons. The van der Waals surface area contributed by atoms with Crippen LogP contribution < -0.4 is 15.5 Å². The van der Waals surface area contributed by atoms with Crippen LogP contribution in [0, 0.1) is 11.6 Å². The molecule has 2 amide bonds. The zero-order valence-corrected chi connectivity index (χ0v) is 22.9. The largest absolute Gasteiger partial charge is 0.483 e. The highest BCUT2D eigenvalue weighted by Crippen LogP contribution is 2.45. The molecular weight excluding hydrogens is 550 g/mol. The Balaban J connectivity index is 1.45. The Bertz CT molecular complexity index is 1660. The first-order valence-corrected chi connectivity index (χ1v) is 13.6. The summed E-state index contributed by atoms with van der Waals surface area (Å²) in [5, 5.41) is 6.54. The number of halogens is 2. The molecule has 1 fully saturated rings. The number of carbonyl (C=O) groups excluding carboxylic acids is 2. The van der Waals surface area contributed by atoms with E-state index in [2.05, 4.69) is 10.5 Å². The summed E-state index contributed by atoms with van der Waals surface area (Å²) < 4.78 is 41.2. The molecule has 42 heavy (non-hydrogen) atoms. The topological polar surface area (TPSA) is 111 Å². The van der Waals surface area contributed by atoms with Crippen molar-refractivity contribution in [3.05, 3.63) is 99.0 Å². The predicted molar refractivity (Wildman–Crippen MR) is 146 cm³/mol. The molecule has 1 unspecified atom stereocenters. The molecule has 0 aliphatic carbocycles. The number of nitrogens with one attached hydrogen (secondary N) is 1. The van der Waals surface area contributed by atoms with Gasteiger partial charge in [0.1, 0.15) is 29.8 Å². The normalized spacial score (nSPS) is 22.5. The molecule has 1 aromatic heterocycles. The second-order valence-electron chi connectivity index (χ2n) is 10.6. The van der Waals surface area contributed by atoms with E-state index in [-0.39, 0.29) is 48.3 Å². The molecular formula is C30H28F2N4O6. The zero-order valence-electron chi connectivity index (χ0n) is 22.9. The third kappa shape index (κ3) is 4.76. The number of nitrogens with zero attached hydrogens (tertiary/aromatic N) is 3. The third-order valence-corrected chi connectivity index (χ3v) is 7.89. The minimum absolute atomic E-state index is 0.0295. The van der Waals surface area contributed by atoms with Crippen molar-refractivity contribution in [1.82, 2.24) is 14.8 Å². The fraction of sp³-hybridized carbons (Fsp3) is 0.333. The summed E-state index contributed by atoms with van der Waals surface area (Å²) in [6.07, 6.45) is 2.22. The second kappa shape index (κ2) is 10.6. The van der Waals surface area contributed by atoms with Gasteiger partial charge in [-0.3, -0.25) is 14.4 Å². The monoisotopic (exact) mass is 578 g/mol. The van der Waals surface area contributed by atoms with Crippen LogP contribution in [0.5, 0.6) is 5.75 Å². The number of rotatable bonds is 6. The Kier molecular flexibility index (Phi) is 6.91. The molecule has 1 spiro atoms. The van der Waals surface area contributed by atoms with Crippen LogP contribution in [0.1, 0.15) is 64.7 Å². The van der Waals surface area contributed by atoms with Crippen LogP contribution in [0.15, 0.2) is 64.7 Å². The van der Waals surface area contributed by atoms with E-state index < -0.39 is 40.7 Å². The van der Waals surface area contributed by atoms with Gasteiger partial charge in [0.2, 0.25) is 11.3 Å². The molecule has 2 bridgehead atoms. The van der Waals surface area contributed by atoms with E-state index in [1.807, 2.05) is 25.1 Å². The highest BCUT2D eigenvalue weighted by Gasteiger charge is 2.56. The van der Waals surface area contributed by atoms with Crippen molar-refractivity contribution in [3.63, 3.8) is 0 Å². The lowest BCUT2D eigenvalue weighted by molar-refractivity contribution is -0.194. The van der Waals surface area contributed by atoms with Crippen LogP contribution in [0.25, 0.3) is 0 Å². The van der Waals surface area contributed by atoms with E-state index >= 15 is 0 Å². The average molecular weight is 579 g/mol. The number of fused-ring (bicyclic) bond motifs is 5. The molecule has 12 heteroatoms. The van der Waals surface area contributed by atoms with Gasteiger partial charge in [-0.2, -0.15) is 0 Å². The minimum Gasteiger partial charge on any atom is -0.483 e. The number of hydrogen-bond acceptors (Lipinski definition) is 7. The fourth-order valence-electron chi connectivity index (χ4n) is 5.64. The Morgan fingerprint density at radius 3 is 2.69 bits per heavy atom. The van der Waals surface area contributed by atoms with Crippen molar-refractivity contribution in [1.29, 1.82) is 0 Å². The maximum Gasteiger partial charge on any atom is 0.299 e. The van der Waals surface area contributed by atoms with Crippen molar-refractivity contribution in [2.75, 3.05) is 6.54 Å². The van der Waals surface area contributed by atoms with E-state index in [9.17, 15) is 23.2 Å². The number of aromatic nitrogens is 1.